The SMILES string of the molecule is COC1(OC)C2CC3(C)CC1CC(OS(C)(=O)=O)(C2)O3. The second kappa shape index (κ2) is 4.16. The summed E-state index contributed by atoms with van der Waals surface area (Å²) >= 11 is 0. The van der Waals surface area contributed by atoms with Crippen molar-refractivity contribution in [3.8, 4) is 0 Å². The van der Waals surface area contributed by atoms with Crippen LogP contribution in [-0.2, 0) is 28.5 Å². The lowest BCUT2D eigenvalue weighted by atomic mass is 9.58. The van der Waals surface area contributed by atoms with Crippen LogP contribution in [0.4, 0.5) is 0 Å². The van der Waals surface area contributed by atoms with E-state index in [1.165, 1.54) is 0 Å². The summed E-state index contributed by atoms with van der Waals surface area (Å²) in [6.45, 7) is 2.01. The highest BCUT2D eigenvalue weighted by molar-refractivity contribution is 7.86. The maximum Gasteiger partial charge on any atom is 0.267 e. The lowest BCUT2D eigenvalue weighted by molar-refractivity contribution is -0.419. The first kappa shape index (κ1) is 14.7. The normalized spacial score (nSPS) is 45.8. The van der Waals surface area contributed by atoms with E-state index in [9.17, 15) is 8.42 Å². The molecule has 2 aliphatic carbocycles. The Hall–Kier alpha value is -0.210. The maximum atomic E-state index is 11.6. The van der Waals surface area contributed by atoms with Crippen molar-refractivity contribution in [2.75, 3.05) is 20.5 Å². The first-order valence-electron chi connectivity index (χ1n) is 6.87. The Kier molecular flexibility index (Phi) is 3.06. The van der Waals surface area contributed by atoms with Gasteiger partial charge in [0.25, 0.3) is 10.1 Å². The highest BCUT2D eigenvalue weighted by Gasteiger charge is 2.69. The summed E-state index contributed by atoms with van der Waals surface area (Å²) < 4.78 is 45.9. The van der Waals surface area contributed by atoms with Crippen LogP contribution < -0.4 is 0 Å². The second-order valence-corrected chi connectivity index (χ2v) is 8.17. The third-order valence-electron chi connectivity index (χ3n) is 4.98. The molecule has 4 aliphatic rings. The van der Waals surface area contributed by atoms with Gasteiger partial charge in [0, 0.05) is 38.9 Å². The fourth-order valence-corrected chi connectivity index (χ4v) is 5.46. The van der Waals surface area contributed by atoms with Crippen molar-refractivity contribution < 1.29 is 26.8 Å². The zero-order chi connectivity index (χ0) is 14.8. The van der Waals surface area contributed by atoms with Gasteiger partial charge in [-0.05, 0) is 19.8 Å². The van der Waals surface area contributed by atoms with Gasteiger partial charge in [0.1, 0.15) is 0 Å². The lowest BCUT2D eigenvalue weighted by Gasteiger charge is -2.65. The van der Waals surface area contributed by atoms with Gasteiger partial charge >= 0.3 is 0 Å². The first-order chi connectivity index (χ1) is 9.16. The summed E-state index contributed by atoms with van der Waals surface area (Å²) in [5, 5.41) is 0. The third-order valence-corrected chi connectivity index (χ3v) is 5.59. The minimum atomic E-state index is -3.57. The molecule has 0 radical (unpaired) electrons. The van der Waals surface area contributed by atoms with Crippen LogP contribution in [0.15, 0.2) is 0 Å². The molecule has 4 rings (SSSR count). The first-order valence-corrected chi connectivity index (χ1v) is 8.69. The summed E-state index contributed by atoms with van der Waals surface area (Å²) in [7, 11) is -0.267. The Morgan fingerprint density at radius 3 is 1.95 bits per heavy atom. The van der Waals surface area contributed by atoms with E-state index in [0.717, 1.165) is 19.1 Å². The summed E-state index contributed by atoms with van der Waals surface area (Å²) in [4.78, 5) is 0. The molecule has 6 nitrogen and oxygen atoms in total. The van der Waals surface area contributed by atoms with E-state index in [-0.39, 0.29) is 17.4 Å². The predicted molar refractivity (Wildman–Crippen MR) is 70.3 cm³/mol. The molecule has 2 heterocycles. The van der Waals surface area contributed by atoms with Gasteiger partial charge in [0.05, 0.1) is 11.9 Å². The van der Waals surface area contributed by atoms with Crippen molar-refractivity contribution in [2.24, 2.45) is 11.8 Å². The average molecular weight is 306 g/mol. The molecule has 0 N–H and O–H groups in total. The number of rotatable bonds is 4. The molecule has 0 aromatic carbocycles. The van der Waals surface area contributed by atoms with Gasteiger partial charge in [-0.25, -0.2) is 4.18 Å². The highest BCUT2D eigenvalue weighted by atomic mass is 32.2. The zero-order valence-electron chi connectivity index (χ0n) is 12.3. The molecular formula is C13H22O6S. The number of hydrogen-bond acceptors (Lipinski definition) is 6. The van der Waals surface area contributed by atoms with E-state index in [1.54, 1.807) is 14.2 Å². The van der Waals surface area contributed by atoms with Crippen molar-refractivity contribution >= 4 is 10.1 Å². The van der Waals surface area contributed by atoms with E-state index in [1.807, 2.05) is 6.92 Å². The van der Waals surface area contributed by atoms with E-state index in [4.69, 9.17) is 18.4 Å². The monoisotopic (exact) mass is 306 g/mol. The number of methoxy groups -OCH3 is 2. The molecule has 4 bridgehead atoms. The quantitative estimate of drug-likeness (QED) is 0.575. The molecule has 7 heteroatoms. The zero-order valence-corrected chi connectivity index (χ0v) is 13.2. The third kappa shape index (κ3) is 2.02. The lowest BCUT2D eigenvalue weighted by Crippen LogP contribution is -2.71. The summed E-state index contributed by atoms with van der Waals surface area (Å²) in [5.74, 6) is -1.54. The fourth-order valence-electron chi connectivity index (χ4n) is 4.73. The summed E-state index contributed by atoms with van der Waals surface area (Å²) in [5.41, 5.74) is -0.364. The average Bonchev–Trinajstić information content (AvgIpc) is 2.24. The summed E-state index contributed by atoms with van der Waals surface area (Å²) in [6.07, 6.45) is 3.61. The minimum Gasteiger partial charge on any atom is -0.353 e. The van der Waals surface area contributed by atoms with Crippen LogP contribution in [0, 0.1) is 11.8 Å². The molecular weight excluding hydrogens is 284 g/mol. The van der Waals surface area contributed by atoms with Crippen LogP contribution >= 0.6 is 0 Å². The van der Waals surface area contributed by atoms with Gasteiger partial charge in [-0.15, -0.1) is 0 Å². The molecule has 20 heavy (non-hydrogen) atoms. The molecule has 2 aliphatic heterocycles. The highest BCUT2D eigenvalue weighted by Crippen LogP contribution is 2.63. The second-order valence-electron chi connectivity index (χ2n) is 6.59. The molecule has 0 spiro atoms. The van der Waals surface area contributed by atoms with Crippen molar-refractivity contribution in [1.82, 2.24) is 0 Å². The Bertz CT molecular complexity index is 491. The van der Waals surface area contributed by atoms with Crippen molar-refractivity contribution in [3.63, 3.8) is 0 Å². The molecule has 0 aromatic rings. The van der Waals surface area contributed by atoms with Crippen LogP contribution in [-0.4, -0.2) is 46.1 Å². The molecule has 0 aromatic heterocycles. The Labute approximate surface area is 119 Å². The topological polar surface area (TPSA) is 71.1 Å². The van der Waals surface area contributed by atoms with Crippen LogP contribution in [0.2, 0.25) is 0 Å². The van der Waals surface area contributed by atoms with E-state index in [2.05, 4.69) is 0 Å². The van der Waals surface area contributed by atoms with Gasteiger partial charge in [-0.3, -0.25) is 0 Å². The Morgan fingerprint density at radius 1 is 1.05 bits per heavy atom. The van der Waals surface area contributed by atoms with Gasteiger partial charge in [0.15, 0.2) is 11.6 Å². The van der Waals surface area contributed by atoms with E-state index in [0.29, 0.717) is 12.8 Å². The molecule has 0 amide bonds. The minimum absolute atomic E-state index is 0.0745. The van der Waals surface area contributed by atoms with Crippen molar-refractivity contribution in [2.45, 2.75) is 49.8 Å². The molecule has 2 saturated heterocycles. The van der Waals surface area contributed by atoms with Gasteiger partial charge in [0.2, 0.25) is 0 Å². The smallest absolute Gasteiger partial charge is 0.267 e. The molecule has 4 fully saturated rings. The fraction of sp³-hybridized carbons (Fsp3) is 1.00. The Balaban J connectivity index is 1.98. The molecule has 2 unspecified atom stereocenters. The van der Waals surface area contributed by atoms with Crippen LogP contribution in [0.3, 0.4) is 0 Å². The van der Waals surface area contributed by atoms with Crippen LogP contribution in [0.25, 0.3) is 0 Å². The number of hydrogen-bond donors (Lipinski definition) is 0. The maximum absolute atomic E-state index is 11.6. The molecule has 116 valence electrons. The largest absolute Gasteiger partial charge is 0.353 e. The molecule has 2 atom stereocenters. The van der Waals surface area contributed by atoms with E-state index < -0.39 is 21.7 Å². The Morgan fingerprint density at radius 2 is 1.55 bits per heavy atom. The van der Waals surface area contributed by atoms with Crippen molar-refractivity contribution in [1.29, 1.82) is 0 Å². The number of ether oxygens (including phenoxy) is 3. The van der Waals surface area contributed by atoms with Gasteiger partial charge in [-0.2, -0.15) is 8.42 Å². The van der Waals surface area contributed by atoms with Crippen molar-refractivity contribution in [3.05, 3.63) is 0 Å². The predicted octanol–water partition coefficient (Wildman–Crippen LogP) is 1.26. The van der Waals surface area contributed by atoms with Gasteiger partial charge in [-0.1, -0.05) is 0 Å². The summed E-state index contributed by atoms with van der Waals surface area (Å²) in [6, 6.07) is 0. The standard InChI is InChI=1S/C13H22O6S/c1-11-5-9-7-12(18-11,19-20(4,14)15)8-10(6-11)13(9,16-2)17-3/h9-10H,5-8H2,1-4H3. The molecule has 2 saturated carbocycles. The van der Waals surface area contributed by atoms with Gasteiger partial charge < -0.3 is 14.2 Å². The van der Waals surface area contributed by atoms with E-state index >= 15 is 0 Å². The van der Waals surface area contributed by atoms with Crippen LogP contribution in [0.1, 0.15) is 32.6 Å². The van der Waals surface area contributed by atoms with Crippen LogP contribution in [0.5, 0.6) is 0 Å².